The van der Waals surface area contributed by atoms with Crippen molar-refractivity contribution in [3.63, 3.8) is 0 Å². The number of hydrogen-bond acceptors (Lipinski definition) is 8. The average Bonchev–Trinajstić information content (AvgIpc) is 3.18. The van der Waals surface area contributed by atoms with Gasteiger partial charge in [0, 0.05) is 69.7 Å². The number of aromatic nitrogens is 1. The van der Waals surface area contributed by atoms with Crippen LogP contribution in [0.5, 0.6) is 0 Å². The summed E-state index contributed by atoms with van der Waals surface area (Å²) in [5.74, 6) is -1.41. The van der Waals surface area contributed by atoms with Crippen molar-refractivity contribution in [2.45, 2.75) is 44.1 Å². The van der Waals surface area contributed by atoms with E-state index in [1.165, 1.54) is 6.07 Å². The Labute approximate surface area is 314 Å². The van der Waals surface area contributed by atoms with Crippen molar-refractivity contribution in [2.24, 2.45) is 11.7 Å². The molecule has 12 heteroatoms. The van der Waals surface area contributed by atoms with Crippen molar-refractivity contribution in [1.29, 1.82) is 0 Å². The average molecular weight is 732 g/mol. The molecule has 3 saturated heterocycles. The van der Waals surface area contributed by atoms with E-state index in [4.69, 9.17) is 5.73 Å². The fraction of sp³-hybridized carbons (Fsp3) is 0.357. The van der Waals surface area contributed by atoms with Crippen LogP contribution in [0.1, 0.15) is 48.4 Å². The van der Waals surface area contributed by atoms with Gasteiger partial charge in [0.15, 0.2) is 0 Å². The lowest BCUT2D eigenvalue weighted by atomic mass is 9.94. The minimum Gasteiger partial charge on any atom is -0.374 e. The Morgan fingerprint density at radius 3 is 2.24 bits per heavy atom. The van der Waals surface area contributed by atoms with Crippen LogP contribution >= 0.6 is 0 Å². The smallest absolute Gasteiger partial charge is 0.249 e. The summed E-state index contributed by atoms with van der Waals surface area (Å²) in [6, 6.07) is 25.6. The van der Waals surface area contributed by atoms with Crippen LogP contribution in [0.15, 0.2) is 91.1 Å². The van der Waals surface area contributed by atoms with Crippen LogP contribution in [0.3, 0.4) is 0 Å². The van der Waals surface area contributed by atoms with E-state index >= 15 is 4.39 Å². The third-order valence-corrected chi connectivity index (χ3v) is 10.9. The van der Waals surface area contributed by atoms with Crippen molar-refractivity contribution in [2.75, 3.05) is 56.0 Å². The Bertz CT molecular complexity index is 1960. The molecular weight excluding hydrogens is 686 g/mol. The van der Waals surface area contributed by atoms with Gasteiger partial charge >= 0.3 is 0 Å². The summed E-state index contributed by atoms with van der Waals surface area (Å²) >= 11 is 0. The number of nitrogens with zero attached hydrogens (tertiary/aromatic N) is 4. The second-order valence-electron chi connectivity index (χ2n) is 14.5. The third kappa shape index (κ3) is 8.77. The van der Waals surface area contributed by atoms with Gasteiger partial charge in [-0.05, 0) is 66.1 Å². The zero-order valence-electron chi connectivity index (χ0n) is 30.3. The maximum Gasteiger partial charge on any atom is 0.249 e. The molecule has 11 nitrogen and oxygen atoms in total. The third-order valence-electron chi connectivity index (χ3n) is 10.9. The number of rotatable bonds is 11. The molecule has 280 valence electrons. The molecule has 7 rings (SSSR count). The summed E-state index contributed by atoms with van der Waals surface area (Å²) in [7, 11) is 0. The number of carbonyl (C=O) groups is 4. The number of hydrogen-bond donors (Lipinski definition) is 3. The van der Waals surface area contributed by atoms with Gasteiger partial charge in [0.05, 0.1) is 17.8 Å². The molecule has 54 heavy (non-hydrogen) atoms. The standard InChI is InChI=1S/C42H46FN7O4/c43-34-25-33(46-36-13-15-38(51)47-42(36)54)11-14-37(34)49-22-20-48(21-23-49)27-29-16-18-50(19-17-29)39(52)24-28-6-8-30(9-7-28)32-10-12-35(45-26-32)40(41(44)53)31-4-2-1-3-5-31/h1-12,14,25-26,29,36,40,46H,13,15-24,27H2,(H2,44,53)(H,47,51,54). The number of carbonyl (C=O) groups excluding carboxylic acids is 4. The van der Waals surface area contributed by atoms with E-state index < -0.39 is 17.9 Å². The predicted molar refractivity (Wildman–Crippen MR) is 205 cm³/mol. The molecule has 3 fully saturated rings. The molecule has 1 aromatic heterocycles. The molecule has 4 aromatic rings. The molecule has 4 N–H and O–H groups in total. The number of nitrogens with two attached hydrogens (primary N) is 1. The minimum atomic E-state index is -0.613. The lowest BCUT2D eigenvalue weighted by molar-refractivity contribution is -0.134. The summed E-state index contributed by atoms with van der Waals surface area (Å²) in [5, 5.41) is 5.36. The largest absolute Gasteiger partial charge is 0.374 e. The number of imide groups is 1. The number of benzene rings is 3. The number of piperidine rings is 2. The summed E-state index contributed by atoms with van der Waals surface area (Å²) < 4.78 is 15.1. The first-order valence-corrected chi connectivity index (χ1v) is 18.7. The molecule has 0 aliphatic carbocycles. The van der Waals surface area contributed by atoms with E-state index in [2.05, 4.69) is 25.4 Å². The molecule has 0 radical (unpaired) electrons. The molecule has 2 atom stereocenters. The number of amides is 4. The number of primary amides is 1. The summed E-state index contributed by atoms with van der Waals surface area (Å²) in [6.07, 6.45) is 4.68. The van der Waals surface area contributed by atoms with Crippen LogP contribution in [-0.2, 0) is 25.6 Å². The van der Waals surface area contributed by atoms with Crippen LogP contribution < -0.4 is 21.3 Å². The van der Waals surface area contributed by atoms with Gasteiger partial charge in [-0.1, -0.05) is 60.7 Å². The SMILES string of the molecule is NC(=O)C(c1ccccc1)c1ccc(-c2ccc(CC(=O)N3CCC(CN4CCN(c5ccc(NC6CCC(=O)NC6=O)cc5F)CC4)CC3)cc2)cn1. The van der Waals surface area contributed by atoms with E-state index in [1.807, 2.05) is 71.6 Å². The fourth-order valence-corrected chi connectivity index (χ4v) is 7.76. The highest BCUT2D eigenvalue weighted by atomic mass is 19.1. The molecular formula is C42H46FN7O4. The number of likely N-dealkylation sites (tertiary alicyclic amines) is 1. The van der Waals surface area contributed by atoms with Gasteiger partial charge in [-0.2, -0.15) is 0 Å². The topological polar surface area (TPSA) is 141 Å². The van der Waals surface area contributed by atoms with Crippen molar-refractivity contribution in [1.82, 2.24) is 20.1 Å². The highest BCUT2D eigenvalue weighted by Crippen LogP contribution is 2.28. The fourth-order valence-electron chi connectivity index (χ4n) is 7.76. The summed E-state index contributed by atoms with van der Waals surface area (Å²) in [4.78, 5) is 60.0. The van der Waals surface area contributed by atoms with Gasteiger partial charge in [0.25, 0.3) is 0 Å². The van der Waals surface area contributed by atoms with Gasteiger partial charge in [-0.25, -0.2) is 4.39 Å². The molecule has 0 spiro atoms. The van der Waals surface area contributed by atoms with Gasteiger partial charge in [-0.3, -0.25) is 34.4 Å². The summed E-state index contributed by atoms with van der Waals surface area (Å²) in [5.41, 5.74) is 11.0. The normalized spacial score (nSPS) is 18.9. The molecule has 3 aliphatic rings. The number of nitrogens with one attached hydrogen (secondary N) is 2. The Morgan fingerprint density at radius 1 is 0.870 bits per heavy atom. The maximum atomic E-state index is 15.1. The lowest BCUT2D eigenvalue weighted by Crippen LogP contribution is -2.49. The van der Waals surface area contributed by atoms with E-state index in [0.29, 0.717) is 35.8 Å². The van der Waals surface area contributed by atoms with E-state index in [0.717, 1.165) is 80.9 Å². The zero-order chi connectivity index (χ0) is 37.6. The molecule has 4 heterocycles. The number of halogens is 1. The quantitative estimate of drug-likeness (QED) is 0.194. The van der Waals surface area contributed by atoms with Gasteiger partial charge in [0.1, 0.15) is 17.8 Å². The van der Waals surface area contributed by atoms with Crippen LogP contribution in [0.2, 0.25) is 0 Å². The molecule has 0 bridgehead atoms. The van der Waals surface area contributed by atoms with Crippen molar-refractivity contribution >= 4 is 35.0 Å². The van der Waals surface area contributed by atoms with Crippen molar-refractivity contribution < 1.29 is 23.6 Å². The molecule has 2 unspecified atom stereocenters. The highest BCUT2D eigenvalue weighted by molar-refractivity contribution is 6.01. The zero-order valence-corrected chi connectivity index (χ0v) is 30.3. The van der Waals surface area contributed by atoms with Crippen LogP contribution in [0.25, 0.3) is 11.1 Å². The van der Waals surface area contributed by atoms with Gasteiger partial charge in [0.2, 0.25) is 23.6 Å². The molecule has 3 aromatic carbocycles. The van der Waals surface area contributed by atoms with Crippen molar-refractivity contribution in [3.05, 3.63) is 114 Å². The first kappa shape index (κ1) is 36.7. The van der Waals surface area contributed by atoms with Crippen LogP contribution in [0.4, 0.5) is 15.8 Å². The van der Waals surface area contributed by atoms with E-state index in [-0.39, 0.29) is 30.0 Å². The van der Waals surface area contributed by atoms with E-state index in [1.54, 1.807) is 18.3 Å². The predicted octanol–water partition coefficient (Wildman–Crippen LogP) is 4.33. The van der Waals surface area contributed by atoms with Crippen LogP contribution in [-0.4, -0.2) is 90.3 Å². The first-order valence-electron chi connectivity index (χ1n) is 18.7. The Hall–Kier alpha value is -5.62. The van der Waals surface area contributed by atoms with Crippen molar-refractivity contribution in [3.8, 4) is 11.1 Å². The summed E-state index contributed by atoms with van der Waals surface area (Å²) in [6.45, 7) is 5.59. The highest BCUT2D eigenvalue weighted by Gasteiger charge is 2.29. The molecule has 3 aliphatic heterocycles. The monoisotopic (exact) mass is 731 g/mol. The van der Waals surface area contributed by atoms with Gasteiger partial charge < -0.3 is 20.9 Å². The number of pyridine rings is 1. The second-order valence-corrected chi connectivity index (χ2v) is 14.5. The van der Waals surface area contributed by atoms with Crippen LogP contribution in [0, 0.1) is 11.7 Å². The second kappa shape index (κ2) is 16.6. The van der Waals surface area contributed by atoms with Gasteiger partial charge in [-0.15, -0.1) is 0 Å². The Balaban J connectivity index is 0.837. The Kier molecular flexibility index (Phi) is 11.3. The maximum absolute atomic E-state index is 15.1. The first-order chi connectivity index (χ1) is 26.2. The van der Waals surface area contributed by atoms with E-state index in [9.17, 15) is 19.2 Å². The number of piperazine rings is 1. The minimum absolute atomic E-state index is 0.139. The Morgan fingerprint density at radius 2 is 1.59 bits per heavy atom. The molecule has 4 amide bonds. The number of anilines is 2. The lowest BCUT2D eigenvalue weighted by Gasteiger charge is -2.39. The molecule has 0 saturated carbocycles.